The van der Waals surface area contributed by atoms with Crippen LogP contribution < -0.4 is 5.32 Å². The fraction of sp³-hybridized carbons (Fsp3) is 0.250. The molecule has 0 heterocycles. The van der Waals surface area contributed by atoms with E-state index in [4.69, 9.17) is 6.42 Å². The molecule has 0 aliphatic carbocycles. The van der Waals surface area contributed by atoms with Gasteiger partial charge in [0.05, 0.1) is 11.1 Å². The van der Waals surface area contributed by atoms with Crippen LogP contribution in [-0.2, 0) is 0 Å². The summed E-state index contributed by atoms with van der Waals surface area (Å²) in [5, 5.41) is 2.75. The van der Waals surface area contributed by atoms with E-state index in [9.17, 15) is 4.79 Å². The molecule has 0 radical (unpaired) electrons. The summed E-state index contributed by atoms with van der Waals surface area (Å²) in [6.45, 7) is 3.53. The average Bonchev–Trinajstić information content (AvgIpc) is 2.21. The fourth-order valence-electron chi connectivity index (χ4n) is 1.07. The van der Waals surface area contributed by atoms with E-state index in [1.807, 2.05) is 0 Å². The molecule has 0 saturated carbocycles. The van der Waals surface area contributed by atoms with E-state index < -0.39 is 5.54 Å². The van der Waals surface area contributed by atoms with Crippen molar-refractivity contribution < 1.29 is 4.79 Å². The molecule has 0 saturated heterocycles. The molecule has 1 amide bonds. The molecule has 0 fully saturated rings. The summed E-state index contributed by atoms with van der Waals surface area (Å²) in [5.74, 6) is 2.29. The number of carbonyl (C=O) groups excluding carboxylic acids is 1. The van der Waals surface area contributed by atoms with Gasteiger partial charge < -0.3 is 5.32 Å². The number of terminal acetylenes is 1. The first-order valence-electron chi connectivity index (χ1n) is 4.64. The van der Waals surface area contributed by atoms with Crippen LogP contribution in [0.5, 0.6) is 0 Å². The first kappa shape index (κ1) is 13.1. The number of halogens is 1. The van der Waals surface area contributed by atoms with E-state index in [0.29, 0.717) is 5.56 Å². The Hall–Kier alpha value is -0.920. The van der Waals surface area contributed by atoms with Gasteiger partial charge in [0.1, 0.15) is 0 Å². The zero-order chi connectivity index (χ0) is 12.3. The van der Waals surface area contributed by atoms with E-state index in [-0.39, 0.29) is 5.91 Å². The van der Waals surface area contributed by atoms with E-state index >= 15 is 0 Å². The SMILES string of the molecule is C#CC(C)(C)NC(=O)c1cc(S)ccc1Br. The van der Waals surface area contributed by atoms with Gasteiger partial charge in [-0.1, -0.05) is 5.92 Å². The van der Waals surface area contributed by atoms with Crippen molar-refractivity contribution in [3.05, 3.63) is 28.2 Å². The topological polar surface area (TPSA) is 29.1 Å². The quantitative estimate of drug-likeness (QED) is 0.638. The highest BCUT2D eigenvalue weighted by atomic mass is 79.9. The van der Waals surface area contributed by atoms with Gasteiger partial charge >= 0.3 is 0 Å². The van der Waals surface area contributed by atoms with Gasteiger partial charge in [-0.15, -0.1) is 19.1 Å². The lowest BCUT2D eigenvalue weighted by Gasteiger charge is -2.20. The lowest BCUT2D eigenvalue weighted by molar-refractivity contribution is 0.0929. The Morgan fingerprint density at radius 2 is 2.19 bits per heavy atom. The standard InChI is InChI=1S/C12H12BrNOS/c1-4-12(2,3)14-11(15)9-7-8(16)5-6-10(9)13/h1,5-7,16H,2-3H3,(H,14,15). The highest BCUT2D eigenvalue weighted by Gasteiger charge is 2.19. The summed E-state index contributed by atoms with van der Waals surface area (Å²) in [5.41, 5.74) is -0.140. The normalized spacial score (nSPS) is 10.7. The van der Waals surface area contributed by atoms with Gasteiger partial charge in [0.2, 0.25) is 0 Å². The zero-order valence-corrected chi connectivity index (χ0v) is 11.5. The number of nitrogens with one attached hydrogen (secondary N) is 1. The summed E-state index contributed by atoms with van der Waals surface area (Å²) in [4.78, 5) is 12.7. The lowest BCUT2D eigenvalue weighted by atomic mass is 10.1. The smallest absolute Gasteiger partial charge is 0.253 e. The fourth-order valence-corrected chi connectivity index (χ4v) is 1.70. The molecule has 1 aromatic carbocycles. The Morgan fingerprint density at radius 1 is 1.56 bits per heavy atom. The van der Waals surface area contributed by atoms with Crippen molar-refractivity contribution in [2.45, 2.75) is 24.3 Å². The molecule has 4 heteroatoms. The molecule has 16 heavy (non-hydrogen) atoms. The van der Waals surface area contributed by atoms with E-state index in [1.165, 1.54) is 0 Å². The number of carbonyl (C=O) groups is 1. The van der Waals surface area contributed by atoms with Gasteiger partial charge in [-0.25, -0.2) is 0 Å². The third-order valence-electron chi connectivity index (χ3n) is 1.98. The molecule has 0 aliphatic heterocycles. The first-order valence-corrected chi connectivity index (χ1v) is 5.88. The Morgan fingerprint density at radius 3 is 2.75 bits per heavy atom. The van der Waals surface area contributed by atoms with Gasteiger partial charge in [-0.05, 0) is 48.0 Å². The van der Waals surface area contributed by atoms with Crippen LogP contribution in [0.4, 0.5) is 0 Å². The third kappa shape index (κ3) is 3.29. The van der Waals surface area contributed by atoms with E-state index in [1.54, 1.807) is 32.0 Å². The van der Waals surface area contributed by atoms with Gasteiger partial charge in [0.15, 0.2) is 0 Å². The zero-order valence-electron chi connectivity index (χ0n) is 9.04. The van der Waals surface area contributed by atoms with Crippen LogP contribution in [0.3, 0.4) is 0 Å². The minimum absolute atomic E-state index is 0.217. The molecule has 0 atom stereocenters. The maximum absolute atomic E-state index is 11.9. The molecule has 0 aromatic heterocycles. The summed E-state index contributed by atoms with van der Waals surface area (Å²) in [6.07, 6.45) is 5.31. The maximum Gasteiger partial charge on any atom is 0.253 e. The second-order valence-corrected chi connectivity index (χ2v) is 5.26. The van der Waals surface area contributed by atoms with Crippen molar-refractivity contribution in [3.8, 4) is 12.3 Å². The largest absolute Gasteiger partial charge is 0.336 e. The minimum atomic E-state index is -0.664. The summed E-state index contributed by atoms with van der Waals surface area (Å²) in [6, 6.07) is 5.27. The molecule has 0 unspecified atom stereocenters. The molecule has 0 aliphatic rings. The maximum atomic E-state index is 11.9. The van der Waals surface area contributed by atoms with Gasteiger partial charge in [-0.3, -0.25) is 4.79 Å². The van der Waals surface area contributed by atoms with Crippen molar-refractivity contribution in [1.82, 2.24) is 5.32 Å². The second-order valence-electron chi connectivity index (χ2n) is 3.89. The molecule has 2 nitrogen and oxygen atoms in total. The van der Waals surface area contributed by atoms with Crippen molar-refractivity contribution >= 4 is 34.5 Å². The van der Waals surface area contributed by atoms with Gasteiger partial charge in [0, 0.05) is 9.37 Å². The number of amides is 1. The van der Waals surface area contributed by atoms with Crippen LogP contribution in [-0.4, -0.2) is 11.4 Å². The molecule has 84 valence electrons. The highest BCUT2D eigenvalue weighted by Crippen LogP contribution is 2.20. The van der Waals surface area contributed by atoms with Crippen LogP contribution in [0.25, 0.3) is 0 Å². The van der Waals surface area contributed by atoms with Crippen LogP contribution >= 0.6 is 28.6 Å². The summed E-state index contributed by atoms with van der Waals surface area (Å²) in [7, 11) is 0. The molecule has 0 spiro atoms. The van der Waals surface area contributed by atoms with Crippen molar-refractivity contribution in [1.29, 1.82) is 0 Å². The van der Waals surface area contributed by atoms with Crippen LogP contribution in [0.15, 0.2) is 27.6 Å². The van der Waals surface area contributed by atoms with Crippen LogP contribution in [0, 0.1) is 12.3 Å². The third-order valence-corrected chi connectivity index (χ3v) is 2.95. The van der Waals surface area contributed by atoms with Crippen molar-refractivity contribution in [2.24, 2.45) is 0 Å². The summed E-state index contributed by atoms with van der Waals surface area (Å²) >= 11 is 7.50. The second kappa shape index (κ2) is 4.94. The molecule has 1 rings (SSSR count). The lowest BCUT2D eigenvalue weighted by Crippen LogP contribution is -2.42. The van der Waals surface area contributed by atoms with Gasteiger partial charge in [0.25, 0.3) is 5.91 Å². The number of hydrogen-bond donors (Lipinski definition) is 2. The Balaban J connectivity index is 2.98. The van der Waals surface area contributed by atoms with Crippen molar-refractivity contribution in [3.63, 3.8) is 0 Å². The molecule has 1 aromatic rings. The van der Waals surface area contributed by atoms with E-state index in [2.05, 4.69) is 39.8 Å². The highest BCUT2D eigenvalue weighted by molar-refractivity contribution is 9.10. The Kier molecular flexibility index (Phi) is 4.06. The number of benzene rings is 1. The molecular weight excluding hydrogens is 286 g/mol. The molecular formula is C12H12BrNOS. The predicted octanol–water partition coefficient (Wildman–Crippen LogP) is 2.88. The Labute approximate surface area is 109 Å². The molecule has 1 N–H and O–H groups in total. The predicted molar refractivity (Wildman–Crippen MR) is 71.8 cm³/mol. The Bertz CT molecular complexity index is 463. The van der Waals surface area contributed by atoms with E-state index in [0.717, 1.165) is 9.37 Å². The number of thiol groups is 1. The molecule has 0 bridgehead atoms. The number of rotatable bonds is 2. The number of hydrogen-bond acceptors (Lipinski definition) is 2. The van der Waals surface area contributed by atoms with Crippen molar-refractivity contribution in [2.75, 3.05) is 0 Å². The van der Waals surface area contributed by atoms with Gasteiger partial charge in [-0.2, -0.15) is 0 Å². The summed E-state index contributed by atoms with van der Waals surface area (Å²) < 4.78 is 0.718. The monoisotopic (exact) mass is 297 g/mol. The minimum Gasteiger partial charge on any atom is -0.336 e. The first-order chi connectivity index (χ1) is 7.35. The van der Waals surface area contributed by atoms with Crippen LogP contribution in [0.2, 0.25) is 0 Å². The van der Waals surface area contributed by atoms with Crippen LogP contribution in [0.1, 0.15) is 24.2 Å². The average molecular weight is 298 g/mol.